The SMILES string of the molecule is COc1ccc(CNCC(=O)OC(C)C)cn1. The maximum Gasteiger partial charge on any atom is 0.320 e. The van der Waals surface area contributed by atoms with Gasteiger partial charge >= 0.3 is 5.97 Å². The zero-order valence-electron chi connectivity index (χ0n) is 10.4. The molecule has 0 aliphatic heterocycles. The lowest BCUT2D eigenvalue weighted by Crippen LogP contribution is -2.26. The Kier molecular flexibility index (Phi) is 5.42. The van der Waals surface area contributed by atoms with Crippen molar-refractivity contribution < 1.29 is 14.3 Å². The van der Waals surface area contributed by atoms with Crippen LogP contribution in [0.15, 0.2) is 18.3 Å². The molecule has 0 saturated heterocycles. The highest BCUT2D eigenvalue weighted by Crippen LogP contribution is 2.05. The number of rotatable bonds is 6. The summed E-state index contributed by atoms with van der Waals surface area (Å²) in [5.41, 5.74) is 0.989. The summed E-state index contributed by atoms with van der Waals surface area (Å²) in [4.78, 5) is 15.3. The van der Waals surface area contributed by atoms with Crippen LogP contribution in [0, 0.1) is 0 Å². The van der Waals surface area contributed by atoms with E-state index in [2.05, 4.69) is 10.3 Å². The minimum atomic E-state index is -0.249. The maximum absolute atomic E-state index is 11.2. The molecule has 17 heavy (non-hydrogen) atoms. The third-order valence-electron chi connectivity index (χ3n) is 1.97. The number of ether oxygens (including phenoxy) is 2. The Morgan fingerprint density at radius 2 is 2.24 bits per heavy atom. The van der Waals surface area contributed by atoms with Crippen LogP contribution in [0.25, 0.3) is 0 Å². The predicted octanol–water partition coefficient (Wildman–Crippen LogP) is 1.13. The summed E-state index contributed by atoms with van der Waals surface area (Å²) in [5.74, 6) is 0.328. The maximum atomic E-state index is 11.2. The van der Waals surface area contributed by atoms with Gasteiger partial charge in [-0.25, -0.2) is 4.98 Å². The summed E-state index contributed by atoms with van der Waals surface area (Å²) in [6, 6.07) is 3.68. The molecule has 0 aliphatic carbocycles. The van der Waals surface area contributed by atoms with Crippen molar-refractivity contribution in [2.45, 2.75) is 26.5 Å². The molecule has 94 valence electrons. The molecule has 0 radical (unpaired) electrons. The Labute approximate surface area is 101 Å². The first-order chi connectivity index (χ1) is 8.11. The lowest BCUT2D eigenvalue weighted by atomic mass is 10.3. The van der Waals surface area contributed by atoms with Crippen LogP contribution in [0.4, 0.5) is 0 Å². The van der Waals surface area contributed by atoms with Crippen LogP contribution < -0.4 is 10.1 Å². The quantitative estimate of drug-likeness (QED) is 0.753. The van der Waals surface area contributed by atoms with Gasteiger partial charge in [0.25, 0.3) is 0 Å². The number of aromatic nitrogens is 1. The highest BCUT2D eigenvalue weighted by molar-refractivity contribution is 5.71. The Balaban J connectivity index is 2.28. The largest absolute Gasteiger partial charge is 0.481 e. The molecular formula is C12H18N2O3. The lowest BCUT2D eigenvalue weighted by molar-refractivity contribution is -0.146. The van der Waals surface area contributed by atoms with Crippen molar-refractivity contribution in [1.82, 2.24) is 10.3 Å². The molecular weight excluding hydrogens is 220 g/mol. The highest BCUT2D eigenvalue weighted by Gasteiger charge is 2.04. The molecule has 0 spiro atoms. The smallest absolute Gasteiger partial charge is 0.320 e. The summed E-state index contributed by atoms with van der Waals surface area (Å²) >= 11 is 0. The molecule has 1 heterocycles. The lowest BCUT2D eigenvalue weighted by Gasteiger charge is -2.08. The number of nitrogens with one attached hydrogen (secondary N) is 1. The molecule has 0 saturated carbocycles. The van der Waals surface area contributed by atoms with Gasteiger partial charge < -0.3 is 14.8 Å². The van der Waals surface area contributed by atoms with Crippen molar-refractivity contribution in [1.29, 1.82) is 0 Å². The van der Waals surface area contributed by atoms with Crippen LogP contribution in [0.1, 0.15) is 19.4 Å². The Hall–Kier alpha value is -1.62. The summed E-state index contributed by atoms with van der Waals surface area (Å²) in [6.07, 6.45) is 1.63. The zero-order valence-corrected chi connectivity index (χ0v) is 10.4. The van der Waals surface area contributed by atoms with Crippen molar-refractivity contribution in [3.05, 3.63) is 23.9 Å². The van der Waals surface area contributed by atoms with E-state index in [1.54, 1.807) is 19.4 Å². The van der Waals surface area contributed by atoms with E-state index in [1.165, 1.54) is 0 Å². The van der Waals surface area contributed by atoms with Crippen LogP contribution in [0.5, 0.6) is 5.88 Å². The van der Waals surface area contributed by atoms with Crippen LogP contribution in [-0.4, -0.2) is 30.7 Å². The minimum absolute atomic E-state index is 0.0769. The summed E-state index contributed by atoms with van der Waals surface area (Å²) in [6.45, 7) is 4.42. The van der Waals surface area contributed by atoms with E-state index in [-0.39, 0.29) is 18.6 Å². The fourth-order valence-electron chi connectivity index (χ4n) is 1.25. The average molecular weight is 238 g/mol. The van der Waals surface area contributed by atoms with Crippen molar-refractivity contribution in [3.8, 4) is 5.88 Å². The first-order valence-corrected chi connectivity index (χ1v) is 5.51. The second-order valence-electron chi connectivity index (χ2n) is 3.85. The van der Waals surface area contributed by atoms with Gasteiger partial charge in [0.05, 0.1) is 19.8 Å². The number of methoxy groups -OCH3 is 1. The molecule has 1 rings (SSSR count). The molecule has 0 atom stereocenters. The second kappa shape index (κ2) is 6.85. The average Bonchev–Trinajstić information content (AvgIpc) is 2.29. The van der Waals surface area contributed by atoms with Gasteiger partial charge in [-0.15, -0.1) is 0 Å². The van der Waals surface area contributed by atoms with Gasteiger partial charge in [0.1, 0.15) is 0 Å². The molecule has 0 bridgehead atoms. The van der Waals surface area contributed by atoms with Gasteiger partial charge in [0.15, 0.2) is 0 Å². The molecule has 1 N–H and O–H groups in total. The monoisotopic (exact) mass is 238 g/mol. The van der Waals surface area contributed by atoms with Crippen LogP contribution >= 0.6 is 0 Å². The summed E-state index contributed by atoms with van der Waals surface area (Å²) in [7, 11) is 1.57. The van der Waals surface area contributed by atoms with E-state index in [9.17, 15) is 4.79 Å². The van der Waals surface area contributed by atoms with Crippen molar-refractivity contribution in [2.24, 2.45) is 0 Å². The van der Waals surface area contributed by atoms with E-state index >= 15 is 0 Å². The van der Waals surface area contributed by atoms with E-state index in [4.69, 9.17) is 9.47 Å². The third kappa shape index (κ3) is 5.31. The second-order valence-corrected chi connectivity index (χ2v) is 3.85. The number of esters is 1. The van der Waals surface area contributed by atoms with E-state index in [0.717, 1.165) is 5.56 Å². The van der Waals surface area contributed by atoms with E-state index in [1.807, 2.05) is 19.9 Å². The van der Waals surface area contributed by atoms with Crippen molar-refractivity contribution >= 4 is 5.97 Å². The van der Waals surface area contributed by atoms with E-state index < -0.39 is 0 Å². The molecule has 1 aromatic rings. The van der Waals surface area contributed by atoms with Gasteiger partial charge in [-0.3, -0.25) is 4.79 Å². The predicted molar refractivity (Wildman–Crippen MR) is 63.7 cm³/mol. The van der Waals surface area contributed by atoms with Crippen molar-refractivity contribution in [3.63, 3.8) is 0 Å². The Morgan fingerprint density at radius 3 is 2.76 bits per heavy atom. The molecule has 0 aromatic carbocycles. The van der Waals surface area contributed by atoms with E-state index in [0.29, 0.717) is 12.4 Å². The van der Waals surface area contributed by atoms with Gasteiger partial charge in [0.2, 0.25) is 5.88 Å². The van der Waals surface area contributed by atoms with Gasteiger partial charge in [0, 0.05) is 18.8 Å². The minimum Gasteiger partial charge on any atom is -0.481 e. The number of nitrogens with zero attached hydrogens (tertiary/aromatic N) is 1. The number of pyridine rings is 1. The molecule has 5 nitrogen and oxygen atoms in total. The zero-order chi connectivity index (χ0) is 12.7. The Morgan fingerprint density at radius 1 is 1.47 bits per heavy atom. The van der Waals surface area contributed by atoms with Gasteiger partial charge in [-0.2, -0.15) is 0 Å². The fourth-order valence-corrected chi connectivity index (χ4v) is 1.25. The number of carbonyl (C=O) groups is 1. The summed E-state index contributed by atoms with van der Waals surface area (Å²) in [5, 5.41) is 2.99. The van der Waals surface area contributed by atoms with Crippen molar-refractivity contribution in [2.75, 3.05) is 13.7 Å². The molecule has 0 unspecified atom stereocenters. The highest BCUT2D eigenvalue weighted by atomic mass is 16.5. The number of carbonyl (C=O) groups excluding carboxylic acids is 1. The topological polar surface area (TPSA) is 60.5 Å². The van der Waals surface area contributed by atoms with Gasteiger partial charge in [-0.1, -0.05) is 6.07 Å². The van der Waals surface area contributed by atoms with Crippen LogP contribution in [0.2, 0.25) is 0 Å². The molecule has 0 fully saturated rings. The van der Waals surface area contributed by atoms with Crippen LogP contribution in [-0.2, 0) is 16.1 Å². The number of hydrogen-bond donors (Lipinski definition) is 1. The first kappa shape index (κ1) is 13.4. The number of hydrogen-bond acceptors (Lipinski definition) is 5. The van der Waals surface area contributed by atoms with Gasteiger partial charge in [-0.05, 0) is 19.4 Å². The van der Waals surface area contributed by atoms with Crippen LogP contribution in [0.3, 0.4) is 0 Å². The normalized spacial score (nSPS) is 10.4. The summed E-state index contributed by atoms with van der Waals surface area (Å²) < 4.78 is 9.94. The standard InChI is InChI=1S/C12H18N2O3/c1-9(2)17-12(15)8-13-6-10-4-5-11(16-3)14-7-10/h4-5,7,9,13H,6,8H2,1-3H3. The molecule has 0 amide bonds. The fraction of sp³-hybridized carbons (Fsp3) is 0.500. The Bertz CT molecular complexity index is 349. The molecule has 1 aromatic heterocycles. The molecule has 0 aliphatic rings. The molecule has 5 heteroatoms. The first-order valence-electron chi connectivity index (χ1n) is 5.51. The third-order valence-corrected chi connectivity index (χ3v) is 1.97.